The molecule has 0 N–H and O–H groups in total. The molecular formula is C14H13BrF3N3O. The van der Waals surface area contributed by atoms with E-state index in [1.54, 1.807) is 17.9 Å². The molecule has 0 bridgehead atoms. The molecule has 1 amide bonds. The van der Waals surface area contributed by atoms with Crippen LogP contribution in [-0.2, 0) is 19.8 Å². The van der Waals surface area contributed by atoms with Gasteiger partial charge in [0.25, 0.3) is 5.91 Å². The first-order chi connectivity index (χ1) is 10.2. The van der Waals surface area contributed by atoms with Crippen LogP contribution in [0.15, 0.2) is 34.9 Å². The predicted octanol–water partition coefficient (Wildman–Crippen LogP) is 3.47. The molecule has 8 heteroatoms. The van der Waals surface area contributed by atoms with E-state index in [9.17, 15) is 18.0 Å². The number of rotatable bonds is 3. The molecule has 0 atom stereocenters. The minimum Gasteiger partial charge on any atom is -0.336 e. The molecule has 0 saturated carbocycles. The maximum Gasteiger partial charge on any atom is 0.416 e. The first-order valence-electron chi connectivity index (χ1n) is 6.29. The molecule has 2 rings (SSSR count). The van der Waals surface area contributed by atoms with Crippen molar-refractivity contribution >= 4 is 21.8 Å². The summed E-state index contributed by atoms with van der Waals surface area (Å²) in [4.78, 5) is 13.6. The number of halogens is 4. The number of benzene rings is 1. The molecule has 0 fully saturated rings. The van der Waals surface area contributed by atoms with Crippen molar-refractivity contribution in [1.82, 2.24) is 14.7 Å². The number of alkyl halides is 3. The lowest BCUT2D eigenvalue weighted by molar-refractivity contribution is -0.137. The van der Waals surface area contributed by atoms with Crippen LogP contribution in [0.25, 0.3) is 0 Å². The number of carbonyl (C=O) groups excluding carboxylic acids is 1. The highest BCUT2D eigenvalue weighted by Crippen LogP contribution is 2.29. The minimum absolute atomic E-state index is 0.00406. The minimum atomic E-state index is -4.47. The largest absolute Gasteiger partial charge is 0.416 e. The van der Waals surface area contributed by atoms with Crippen LogP contribution in [0.5, 0.6) is 0 Å². The number of hydrogen-bond donors (Lipinski definition) is 0. The summed E-state index contributed by atoms with van der Waals surface area (Å²) in [5.41, 5.74) is -0.0908. The van der Waals surface area contributed by atoms with Crippen molar-refractivity contribution in [3.05, 3.63) is 51.8 Å². The van der Waals surface area contributed by atoms with Gasteiger partial charge in [-0.3, -0.25) is 9.48 Å². The fourth-order valence-corrected chi connectivity index (χ4v) is 2.43. The Morgan fingerprint density at radius 1 is 1.41 bits per heavy atom. The Kier molecular flexibility index (Phi) is 4.60. The topological polar surface area (TPSA) is 38.1 Å². The van der Waals surface area contributed by atoms with Crippen LogP contribution in [0.1, 0.15) is 21.6 Å². The Balaban J connectivity index is 2.21. The van der Waals surface area contributed by atoms with Gasteiger partial charge in [-0.1, -0.05) is 6.07 Å². The summed E-state index contributed by atoms with van der Waals surface area (Å²) in [6.45, 7) is 0.228. The molecule has 0 unspecified atom stereocenters. The molecule has 0 spiro atoms. The summed E-state index contributed by atoms with van der Waals surface area (Å²) in [6, 6.07) is 4.39. The quantitative estimate of drug-likeness (QED) is 0.823. The summed E-state index contributed by atoms with van der Waals surface area (Å²) in [5.74, 6) is -0.487. The number of amides is 1. The second kappa shape index (κ2) is 6.12. The van der Waals surface area contributed by atoms with Crippen molar-refractivity contribution in [3.8, 4) is 0 Å². The van der Waals surface area contributed by atoms with Crippen LogP contribution in [0, 0.1) is 0 Å². The first kappa shape index (κ1) is 16.5. The van der Waals surface area contributed by atoms with Gasteiger partial charge in [-0.15, -0.1) is 0 Å². The summed E-state index contributed by atoms with van der Waals surface area (Å²) in [7, 11) is 3.25. The summed E-state index contributed by atoms with van der Waals surface area (Å²) in [6.07, 6.45) is -2.88. The zero-order valence-electron chi connectivity index (χ0n) is 11.9. The Morgan fingerprint density at radius 3 is 2.64 bits per heavy atom. The average Bonchev–Trinajstić information content (AvgIpc) is 2.77. The van der Waals surface area contributed by atoms with Crippen LogP contribution >= 0.6 is 15.9 Å². The number of carbonyl (C=O) groups is 1. The number of nitrogens with zero attached hydrogens (tertiary/aromatic N) is 3. The van der Waals surface area contributed by atoms with Gasteiger partial charge in [-0.2, -0.15) is 18.3 Å². The van der Waals surface area contributed by atoms with Crippen molar-refractivity contribution in [2.45, 2.75) is 12.7 Å². The third-order valence-electron chi connectivity index (χ3n) is 3.18. The molecule has 4 nitrogen and oxygen atoms in total. The molecule has 0 aliphatic heterocycles. The van der Waals surface area contributed by atoms with Crippen LogP contribution in [0.2, 0.25) is 0 Å². The van der Waals surface area contributed by atoms with Gasteiger partial charge in [-0.25, -0.2) is 0 Å². The highest BCUT2D eigenvalue weighted by molar-refractivity contribution is 9.10. The van der Waals surface area contributed by atoms with E-state index in [0.717, 1.165) is 22.3 Å². The first-order valence-corrected chi connectivity index (χ1v) is 7.08. The fraction of sp³-hybridized carbons (Fsp3) is 0.286. The average molecular weight is 376 g/mol. The van der Waals surface area contributed by atoms with Crippen molar-refractivity contribution in [2.75, 3.05) is 7.05 Å². The standard InChI is InChI=1S/C14H13BrF3N3O/c1-20(8-12-11(15)7-19-21(12)2)13(22)9-4-3-5-10(6-9)14(16,17)18/h3-7H,8H2,1-2H3. The number of aryl methyl sites for hydroxylation is 1. The smallest absolute Gasteiger partial charge is 0.336 e. The molecule has 0 aliphatic carbocycles. The summed E-state index contributed by atoms with van der Waals surface area (Å²) < 4.78 is 40.4. The van der Waals surface area contributed by atoms with Gasteiger partial charge in [0, 0.05) is 19.7 Å². The molecule has 1 aromatic heterocycles. The van der Waals surface area contributed by atoms with Gasteiger partial charge in [0.1, 0.15) is 0 Å². The Morgan fingerprint density at radius 2 is 2.09 bits per heavy atom. The Labute approximate surface area is 133 Å². The molecule has 0 radical (unpaired) electrons. The van der Waals surface area contributed by atoms with E-state index in [4.69, 9.17) is 0 Å². The van der Waals surface area contributed by atoms with Crippen LogP contribution < -0.4 is 0 Å². The second-order valence-electron chi connectivity index (χ2n) is 4.80. The van der Waals surface area contributed by atoms with Gasteiger partial charge >= 0.3 is 6.18 Å². The Bertz CT molecular complexity index is 677. The summed E-state index contributed by atoms with van der Waals surface area (Å²) in [5, 5.41) is 4.03. The van der Waals surface area contributed by atoms with E-state index >= 15 is 0 Å². The molecular weight excluding hydrogens is 363 g/mol. The van der Waals surface area contributed by atoms with E-state index in [1.807, 2.05) is 0 Å². The van der Waals surface area contributed by atoms with Gasteiger partial charge in [-0.05, 0) is 34.1 Å². The van der Waals surface area contributed by atoms with E-state index in [0.29, 0.717) is 0 Å². The van der Waals surface area contributed by atoms with E-state index < -0.39 is 17.6 Å². The van der Waals surface area contributed by atoms with Crippen molar-refractivity contribution in [3.63, 3.8) is 0 Å². The third kappa shape index (κ3) is 3.49. The van der Waals surface area contributed by atoms with Gasteiger partial charge < -0.3 is 4.90 Å². The van der Waals surface area contributed by atoms with E-state index in [2.05, 4.69) is 21.0 Å². The molecule has 0 aliphatic rings. The normalized spacial score (nSPS) is 11.5. The van der Waals surface area contributed by atoms with E-state index in [-0.39, 0.29) is 12.1 Å². The molecule has 2 aromatic rings. The summed E-state index contributed by atoms with van der Waals surface area (Å²) >= 11 is 3.32. The lowest BCUT2D eigenvalue weighted by Crippen LogP contribution is -2.27. The zero-order chi connectivity index (χ0) is 16.5. The third-order valence-corrected chi connectivity index (χ3v) is 3.84. The highest BCUT2D eigenvalue weighted by atomic mass is 79.9. The SMILES string of the molecule is CN(Cc1c(Br)cnn1C)C(=O)c1cccc(C(F)(F)F)c1. The molecule has 1 aromatic carbocycles. The van der Waals surface area contributed by atoms with Crippen molar-refractivity contribution in [1.29, 1.82) is 0 Å². The fourth-order valence-electron chi connectivity index (χ4n) is 1.96. The van der Waals surface area contributed by atoms with Crippen LogP contribution in [0.3, 0.4) is 0 Å². The van der Waals surface area contributed by atoms with Crippen LogP contribution in [-0.4, -0.2) is 27.6 Å². The molecule has 1 heterocycles. The molecule has 22 heavy (non-hydrogen) atoms. The Hall–Kier alpha value is -1.83. The number of aromatic nitrogens is 2. The lowest BCUT2D eigenvalue weighted by atomic mass is 10.1. The molecule has 118 valence electrons. The maximum absolute atomic E-state index is 12.7. The van der Waals surface area contributed by atoms with Crippen LogP contribution in [0.4, 0.5) is 13.2 Å². The lowest BCUT2D eigenvalue weighted by Gasteiger charge is -2.18. The van der Waals surface area contributed by atoms with Crippen molar-refractivity contribution < 1.29 is 18.0 Å². The van der Waals surface area contributed by atoms with Gasteiger partial charge in [0.15, 0.2) is 0 Å². The monoisotopic (exact) mass is 375 g/mol. The van der Waals surface area contributed by atoms with Gasteiger partial charge in [0.2, 0.25) is 0 Å². The molecule has 0 saturated heterocycles. The van der Waals surface area contributed by atoms with E-state index in [1.165, 1.54) is 24.1 Å². The zero-order valence-corrected chi connectivity index (χ0v) is 13.4. The van der Waals surface area contributed by atoms with Gasteiger partial charge in [0.05, 0.1) is 28.5 Å². The predicted molar refractivity (Wildman–Crippen MR) is 78.1 cm³/mol. The second-order valence-corrected chi connectivity index (χ2v) is 5.66. The van der Waals surface area contributed by atoms with Crippen molar-refractivity contribution in [2.24, 2.45) is 7.05 Å². The maximum atomic E-state index is 12.7. The number of hydrogen-bond acceptors (Lipinski definition) is 2. The highest BCUT2D eigenvalue weighted by Gasteiger charge is 2.31.